The number of hydrogen-bond donors (Lipinski definition) is 2. The topological polar surface area (TPSA) is 72.1 Å². The van der Waals surface area contributed by atoms with E-state index in [1.807, 2.05) is 6.55 Å². The summed E-state index contributed by atoms with van der Waals surface area (Å²) in [5, 5.41) is 5.73. The third-order valence-electron chi connectivity index (χ3n) is 3.77. The van der Waals surface area contributed by atoms with Crippen LogP contribution in [0, 0.1) is 0 Å². The van der Waals surface area contributed by atoms with Crippen molar-refractivity contribution in [3.05, 3.63) is 0 Å². The summed E-state index contributed by atoms with van der Waals surface area (Å²) >= 11 is 0. The summed E-state index contributed by atoms with van der Waals surface area (Å²) in [6.45, 7) is 7.65. The number of carbonyl (C=O) groups is 1. The van der Waals surface area contributed by atoms with Gasteiger partial charge in [-0.3, -0.25) is 4.90 Å². The first-order chi connectivity index (χ1) is 10.1. The van der Waals surface area contributed by atoms with E-state index in [-0.39, 0.29) is 6.03 Å². The second-order valence-corrected chi connectivity index (χ2v) is 8.87. The van der Waals surface area contributed by atoms with Gasteiger partial charge in [0, 0.05) is 46.9 Å². The number of carbonyl (C=O) groups excluding carboxylic acids is 1. The lowest BCUT2D eigenvalue weighted by Crippen LogP contribution is -2.44. The fourth-order valence-corrected chi connectivity index (χ4v) is 3.51. The molecule has 2 N–H and O–H groups in total. The Balaban J connectivity index is 2.00. The summed E-state index contributed by atoms with van der Waals surface area (Å²) in [7, 11) is 1.36. The van der Waals surface area contributed by atoms with Crippen molar-refractivity contribution in [2.45, 2.75) is 19.0 Å². The SMILES string of the molecule is CO[Si](C)(CCCNC(=O)NCCN1CCOCC1)OC. The Hall–Kier alpha value is -0.673. The molecule has 0 aromatic heterocycles. The predicted molar refractivity (Wildman–Crippen MR) is 83.7 cm³/mol. The van der Waals surface area contributed by atoms with Gasteiger partial charge in [-0.2, -0.15) is 0 Å². The third kappa shape index (κ3) is 7.77. The van der Waals surface area contributed by atoms with Crippen LogP contribution in [0.25, 0.3) is 0 Å². The lowest BCUT2D eigenvalue weighted by Gasteiger charge is -2.26. The number of hydrogen-bond acceptors (Lipinski definition) is 5. The van der Waals surface area contributed by atoms with Gasteiger partial charge in [0.2, 0.25) is 0 Å². The number of urea groups is 1. The van der Waals surface area contributed by atoms with E-state index in [9.17, 15) is 4.79 Å². The molecular formula is C13H29N3O4Si. The van der Waals surface area contributed by atoms with Crippen molar-refractivity contribution in [2.75, 3.05) is 60.2 Å². The number of morpholine rings is 1. The average molecular weight is 319 g/mol. The zero-order chi connectivity index (χ0) is 15.6. The summed E-state index contributed by atoms with van der Waals surface area (Å²) in [4.78, 5) is 13.9. The van der Waals surface area contributed by atoms with Gasteiger partial charge in [-0.25, -0.2) is 4.79 Å². The second kappa shape index (κ2) is 10.1. The maximum atomic E-state index is 11.6. The van der Waals surface area contributed by atoms with Gasteiger partial charge in [0.15, 0.2) is 0 Å². The zero-order valence-electron chi connectivity index (χ0n) is 13.4. The molecule has 8 heteroatoms. The number of amides is 2. The maximum Gasteiger partial charge on any atom is 0.334 e. The van der Waals surface area contributed by atoms with Crippen molar-refractivity contribution in [3.8, 4) is 0 Å². The molecule has 0 aromatic carbocycles. The van der Waals surface area contributed by atoms with Gasteiger partial charge in [0.25, 0.3) is 0 Å². The minimum atomic E-state index is -2.01. The Morgan fingerprint density at radius 1 is 1.19 bits per heavy atom. The Labute approximate surface area is 128 Å². The van der Waals surface area contributed by atoms with Crippen molar-refractivity contribution < 1.29 is 18.4 Å². The molecule has 1 fully saturated rings. The number of nitrogens with one attached hydrogen (secondary N) is 2. The lowest BCUT2D eigenvalue weighted by molar-refractivity contribution is 0.0387. The van der Waals surface area contributed by atoms with E-state index in [0.717, 1.165) is 45.3 Å². The van der Waals surface area contributed by atoms with Crippen molar-refractivity contribution in [3.63, 3.8) is 0 Å². The molecular weight excluding hydrogens is 290 g/mol. The molecule has 21 heavy (non-hydrogen) atoms. The molecule has 0 saturated carbocycles. The quantitative estimate of drug-likeness (QED) is 0.475. The molecule has 1 aliphatic rings. The second-order valence-electron chi connectivity index (χ2n) is 5.28. The predicted octanol–water partition coefficient (Wildman–Crippen LogP) is 0.373. The smallest absolute Gasteiger partial charge is 0.334 e. The summed E-state index contributed by atoms with van der Waals surface area (Å²) < 4.78 is 16.1. The minimum Gasteiger partial charge on any atom is -0.398 e. The van der Waals surface area contributed by atoms with Crippen LogP contribution in [0.5, 0.6) is 0 Å². The first kappa shape index (κ1) is 18.4. The summed E-state index contributed by atoms with van der Waals surface area (Å²) in [6, 6.07) is 0.759. The Kier molecular flexibility index (Phi) is 8.86. The largest absolute Gasteiger partial charge is 0.398 e. The molecule has 0 aliphatic carbocycles. The van der Waals surface area contributed by atoms with Gasteiger partial charge in [-0.15, -0.1) is 0 Å². The highest BCUT2D eigenvalue weighted by atomic mass is 28.4. The molecule has 0 atom stereocenters. The van der Waals surface area contributed by atoms with Crippen LogP contribution in [0.2, 0.25) is 12.6 Å². The molecule has 124 valence electrons. The highest BCUT2D eigenvalue weighted by molar-refractivity contribution is 6.65. The summed E-state index contributed by atoms with van der Waals surface area (Å²) in [5.74, 6) is 0. The molecule has 0 unspecified atom stereocenters. The highest BCUT2D eigenvalue weighted by Gasteiger charge is 2.27. The van der Waals surface area contributed by atoms with E-state index < -0.39 is 8.56 Å². The van der Waals surface area contributed by atoms with Crippen LogP contribution in [0.4, 0.5) is 4.79 Å². The van der Waals surface area contributed by atoms with E-state index in [1.165, 1.54) is 0 Å². The monoisotopic (exact) mass is 319 g/mol. The van der Waals surface area contributed by atoms with Crippen LogP contribution in [0.15, 0.2) is 0 Å². The standard InChI is InChI=1S/C13H29N3O4Si/c1-18-21(3,19-2)12-4-5-14-13(17)15-6-7-16-8-10-20-11-9-16/h4-12H2,1-3H3,(H2,14,15,17). The first-order valence-electron chi connectivity index (χ1n) is 7.52. The number of rotatable bonds is 9. The molecule has 1 rings (SSSR count). The molecule has 1 heterocycles. The number of nitrogens with zero attached hydrogens (tertiary/aromatic N) is 1. The van der Waals surface area contributed by atoms with Crippen molar-refractivity contribution >= 4 is 14.6 Å². The first-order valence-corrected chi connectivity index (χ1v) is 10.0. The van der Waals surface area contributed by atoms with E-state index in [0.29, 0.717) is 13.1 Å². The van der Waals surface area contributed by atoms with E-state index in [2.05, 4.69) is 15.5 Å². The molecule has 7 nitrogen and oxygen atoms in total. The van der Waals surface area contributed by atoms with E-state index >= 15 is 0 Å². The average Bonchev–Trinajstić information content (AvgIpc) is 2.52. The van der Waals surface area contributed by atoms with Gasteiger partial charge < -0.3 is 24.2 Å². The molecule has 0 spiro atoms. The Morgan fingerprint density at radius 2 is 1.81 bits per heavy atom. The van der Waals surface area contributed by atoms with Crippen LogP contribution in [0.1, 0.15) is 6.42 Å². The fourth-order valence-electron chi connectivity index (χ4n) is 2.11. The van der Waals surface area contributed by atoms with Gasteiger partial charge in [-0.05, 0) is 19.0 Å². The van der Waals surface area contributed by atoms with Crippen LogP contribution >= 0.6 is 0 Å². The van der Waals surface area contributed by atoms with Gasteiger partial charge in [-0.1, -0.05) is 0 Å². The molecule has 1 saturated heterocycles. The van der Waals surface area contributed by atoms with Gasteiger partial charge in [0.1, 0.15) is 0 Å². The van der Waals surface area contributed by atoms with Crippen LogP contribution in [0.3, 0.4) is 0 Å². The summed E-state index contributed by atoms with van der Waals surface area (Å²) in [5.41, 5.74) is 0. The lowest BCUT2D eigenvalue weighted by atomic mass is 10.4. The minimum absolute atomic E-state index is 0.110. The molecule has 1 aliphatic heterocycles. The Morgan fingerprint density at radius 3 is 2.43 bits per heavy atom. The maximum absolute atomic E-state index is 11.6. The Bertz CT molecular complexity index is 297. The summed E-state index contributed by atoms with van der Waals surface area (Å²) in [6.07, 6.45) is 0.862. The molecule has 0 radical (unpaired) electrons. The van der Waals surface area contributed by atoms with Gasteiger partial charge >= 0.3 is 14.6 Å². The van der Waals surface area contributed by atoms with Crippen LogP contribution in [-0.4, -0.2) is 79.6 Å². The van der Waals surface area contributed by atoms with Crippen molar-refractivity contribution in [2.24, 2.45) is 0 Å². The fraction of sp³-hybridized carbons (Fsp3) is 0.923. The molecule has 0 bridgehead atoms. The van der Waals surface area contributed by atoms with Gasteiger partial charge in [0.05, 0.1) is 13.2 Å². The number of ether oxygens (including phenoxy) is 1. The van der Waals surface area contributed by atoms with Crippen molar-refractivity contribution in [1.29, 1.82) is 0 Å². The van der Waals surface area contributed by atoms with E-state index in [4.69, 9.17) is 13.6 Å². The molecule has 0 aromatic rings. The van der Waals surface area contributed by atoms with E-state index in [1.54, 1.807) is 14.2 Å². The van der Waals surface area contributed by atoms with Crippen LogP contribution < -0.4 is 10.6 Å². The van der Waals surface area contributed by atoms with Crippen molar-refractivity contribution in [1.82, 2.24) is 15.5 Å². The van der Waals surface area contributed by atoms with Crippen LogP contribution in [-0.2, 0) is 13.6 Å². The normalized spacial score (nSPS) is 16.7. The third-order valence-corrected chi connectivity index (χ3v) is 6.76. The zero-order valence-corrected chi connectivity index (χ0v) is 14.4. The molecule has 2 amide bonds. The highest BCUT2D eigenvalue weighted by Crippen LogP contribution is 2.12.